The third kappa shape index (κ3) is 11.3. The molecular formula is C29H40F4NO5OsPS-2. The summed E-state index contributed by atoms with van der Waals surface area (Å²) in [5.74, 6) is -3.65. The standard InChI is InChI=1S/C29H40F4NO4PS.O.Os/c1-7-28(4,39(35,37-8-2)38-9-3)21-36-26-15-14-25(18-27(26)40-6)34(24-12-10-23(31)11-13-24)20-22(19-30)16-17-29(5,32)33;;/h10-13,15,18-19,22H,7-9,16-17,20-21H2,1-6H3;;/q-2;;/t22-,28-;;/m0../s1. The molecule has 2 aromatic rings. The van der Waals surface area contributed by atoms with E-state index in [1.165, 1.54) is 23.9 Å². The molecule has 42 heavy (non-hydrogen) atoms. The number of nitrogens with zero attached hydrogens (tertiary/aromatic N) is 1. The molecule has 2 aromatic carbocycles. The summed E-state index contributed by atoms with van der Waals surface area (Å²) in [7, 11) is -3.48. The number of thioether (sulfide) groups is 1. The van der Waals surface area contributed by atoms with E-state index in [2.05, 4.69) is 6.07 Å². The number of rotatable bonds is 18. The molecule has 2 atom stereocenters. The first-order valence-corrected chi connectivity index (χ1v) is 17.3. The summed E-state index contributed by atoms with van der Waals surface area (Å²) in [5, 5.41) is -0.904. The Balaban J connectivity index is 0.00000431. The van der Waals surface area contributed by atoms with E-state index in [0.717, 1.165) is 11.8 Å². The molecule has 13 heteroatoms. The van der Waals surface area contributed by atoms with Crippen LogP contribution >= 0.6 is 19.4 Å². The molecule has 0 radical (unpaired) electrons. The van der Waals surface area contributed by atoms with Crippen molar-refractivity contribution in [3.8, 4) is 5.75 Å². The topological polar surface area (TPSA) is 65.1 Å². The molecule has 0 saturated heterocycles. The second-order valence-electron chi connectivity index (χ2n) is 9.81. The van der Waals surface area contributed by atoms with Gasteiger partial charge in [0.2, 0.25) is 5.92 Å². The number of ether oxygens (including phenoxy) is 1. The van der Waals surface area contributed by atoms with E-state index in [1.807, 2.05) is 13.2 Å². The van der Waals surface area contributed by atoms with E-state index in [4.69, 9.17) is 17.3 Å². The number of benzene rings is 2. The van der Waals surface area contributed by atoms with E-state index in [-0.39, 0.29) is 32.8 Å². The molecule has 2 rings (SSSR count). The van der Waals surface area contributed by atoms with E-state index >= 15 is 0 Å². The van der Waals surface area contributed by atoms with Crippen LogP contribution in [-0.2, 0) is 35.7 Å². The molecule has 240 valence electrons. The molecule has 0 spiro atoms. The van der Waals surface area contributed by atoms with Gasteiger partial charge in [-0.3, -0.25) is 4.57 Å². The molecule has 0 saturated carbocycles. The van der Waals surface area contributed by atoms with Crippen molar-refractivity contribution in [1.82, 2.24) is 0 Å². The molecule has 0 aliphatic heterocycles. The summed E-state index contributed by atoms with van der Waals surface area (Å²) < 4.78 is 93.6. The van der Waals surface area contributed by atoms with Gasteiger partial charge in [-0.15, -0.1) is 18.1 Å². The van der Waals surface area contributed by atoms with E-state index in [1.54, 1.807) is 49.9 Å². The van der Waals surface area contributed by atoms with Gasteiger partial charge in [-0.05, 0) is 71.2 Å². The number of halogens is 4. The summed E-state index contributed by atoms with van der Waals surface area (Å²) in [6, 6.07) is 12.2. The molecule has 0 heterocycles. The Morgan fingerprint density at radius 2 is 1.71 bits per heavy atom. The first kappa shape index (κ1) is 38.7. The van der Waals surface area contributed by atoms with Gasteiger partial charge >= 0.3 is 29.7 Å². The Hall–Kier alpha value is -1.30. The van der Waals surface area contributed by atoms with Gasteiger partial charge in [-0.1, -0.05) is 23.9 Å². The third-order valence-electron chi connectivity index (χ3n) is 6.62. The van der Waals surface area contributed by atoms with Gasteiger partial charge < -0.3 is 23.1 Å². The van der Waals surface area contributed by atoms with E-state index in [9.17, 15) is 22.1 Å². The summed E-state index contributed by atoms with van der Waals surface area (Å²) in [6.07, 6.45) is 1.81. The van der Waals surface area contributed by atoms with Crippen LogP contribution in [0.25, 0.3) is 0 Å². The zero-order chi connectivity index (χ0) is 32.0. The van der Waals surface area contributed by atoms with Crippen LogP contribution in [0.3, 0.4) is 0 Å². The summed E-state index contributed by atoms with van der Waals surface area (Å²) in [5.41, 5.74) is 1.09. The fourth-order valence-electron chi connectivity index (χ4n) is 4.00. The van der Waals surface area contributed by atoms with Gasteiger partial charge in [0.1, 0.15) is 11.0 Å². The number of anilines is 2. The van der Waals surface area contributed by atoms with Crippen LogP contribution in [0, 0.1) is 24.5 Å². The first-order valence-electron chi connectivity index (χ1n) is 13.5. The Kier molecular flexibility index (Phi) is 17.0. The van der Waals surface area contributed by atoms with Crippen LogP contribution in [0.15, 0.2) is 41.3 Å². The average Bonchev–Trinajstić information content (AvgIpc) is 2.97. The van der Waals surface area contributed by atoms with Crippen molar-refractivity contribution in [2.45, 2.75) is 69.9 Å². The molecule has 0 N–H and O–H groups in total. The first-order chi connectivity index (χ1) is 19.8. The van der Waals surface area contributed by atoms with Crippen molar-refractivity contribution in [2.24, 2.45) is 5.92 Å². The molecule has 6 nitrogen and oxygen atoms in total. The minimum absolute atomic E-state index is 0.0442. The Labute approximate surface area is 262 Å². The second-order valence-corrected chi connectivity index (χ2v) is 13.2. The Morgan fingerprint density at radius 3 is 2.19 bits per heavy atom. The van der Waals surface area contributed by atoms with Crippen molar-refractivity contribution in [3.05, 3.63) is 55.0 Å². The molecule has 0 fully saturated rings. The zero-order valence-corrected chi connectivity index (χ0v) is 29.0. The SMILES string of the molecule is CCOP(=O)(OCC)[C@@](C)(CC)COc1c[c-]c(N(C[C@H]([CH-]F)CCC(C)(F)F)c2ccc(F)cc2)cc1SC.[O]=[Os]. The molecule has 0 bridgehead atoms. The van der Waals surface area contributed by atoms with Gasteiger partial charge in [-0.2, -0.15) is 24.5 Å². The molecule has 0 aromatic heterocycles. The summed E-state index contributed by atoms with van der Waals surface area (Å²) >= 11 is 2.02. The van der Waals surface area contributed by atoms with Crippen LogP contribution < -0.4 is 9.64 Å². The normalized spacial score (nSPS) is 14.0. The van der Waals surface area contributed by atoms with Crippen molar-refractivity contribution in [3.63, 3.8) is 0 Å². The van der Waals surface area contributed by atoms with E-state index in [0.29, 0.717) is 48.8 Å². The maximum atomic E-state index is 13.8. The molecule has 0 aliphatic rings. The monoisotopic (exact) mass is 813 g/mol. The third-order valence-corrected chi connectivity index (χ3v) is 10.3. The zero-order valence-electron chi connectivity index (χ0n) is 24.8. The van der Waals surface area contributed by atoms with Crippen LogP contribution in [0.1, 0.15) is 53.9 Å². The molecule has 0 aliphatic carbocycles. The van der Waals surface area contributed by atoms with Crippen LogP contribution in [0.5, 0.6) is 5.75 Å². The molecule has 0 amide bonds. The Bertz CT molecular complexity index is 1120. The molecular weight excluding hydrogens is 772 g/mol. The number of hydrogen-bond acceptors (Lipinski definition) is 7. The second kappa shape index (κ2) is 18.5. The van der Waals surface area contributed by atoms with E-state index < -0.39 is 36.8 Å². The van der Waals surface area contributed by atoms with Gasteiger partial charge in [0.05, 0.1) is 19.8 Å². The van der Waals surface area contributed by atoms with Crippen LogP contribution in [0.4, 0.5) is 28.9 Å². The summed E-state index contributed by atoms with van der Waals surface area (Å²) in [4.78, 5) is 2.44. The van der Waals surface area contributed by atoms with Crippen LogP contribution in [-0.4, -0.2) is 43.7 Å². The van der Waals surface area contributed by atoms with Gasteiger partial charge in [0.15, 0.2) is 0 Å². The van der Waals surface area contributed by atoms with Crippen molar-refractivity contribution in [1.29, 1.82) is 0 Å². The fourth-order valence-corrected chi connectivity index (χ4v) is 6.54. The van der Waals surface area contributed by atoms with Gasteiger partial charge in [0, 0.05) is 17.9 Å². The van der Waals surface area contributed by atoms with Crippen molar-refractivity contribution < 1.29 is 58.0 Å². The van der Waals surface area contributed by atoms with Gasteiger partial charge in [0.25, 0.3) is 0 Å². The van der Waals surface area contributed by atoms with Gasteiger partial charge in [-0.25, -0.2) is 13.2 Å². The number of alkyl halides is 2. The maximum absolute atomic E-state index is 13.8. The average molecular weight is 812 g/mol. The Morgan fingerprint density at radius 1 is 1.12 bits per heavy atom. The predicted molar refractivity (Wildman–Crippen MR) is 155 cm³/mol. The quantitative estimate of drug-likeness (QED) is 0.0644. The van der Waals surface area contributed by atoms with Crippen LogP contribution in [0.2, 0.25) is 0 Å². The summed E-state index contributed by atoms with van der Waals surface area (Å²) in [6.45, 7) is 9.03. The van der Waals surface area contributed by atoms with Crippen molar-refractivity contribution in [2.75, 3.05) is 37.5 Å². The molecule has 0 unspecified atom stereocenters. The number of hydrogen-bond donors (Lipinski definition) is 0. The fraction of sp³-hybridized carbons (Fsp3) is 0.552. The predicted octanol–water partition coefficient (Wildman–Crippen LogP) is 9.36. The minimum atomic E-state index is -3.48. The van der Waals surface area contributed by atoms with Crippen molar-refractivity contribution >= 4 is 30.7 Å².